The highest BCUT2D eigenvalue weighted by molar-refractivity contribution is 6.03. The molecule has 16 aromatic rings. The van der Waals surface area contributed by atoms with Gasteiger partial charge in [-0.05, 0) is 175 Å². The second kappa shape index (κ2) is 38.4. The van der Waals surface area contributed by atoms with E-state index in [0.29, 0.717) is 5.56 Å². The Labute approximate surface area is 844 Å². The van der Waals surface area contributed by atoms with Crippen LogP contribution in [0.3, 0.4) is 0 Å². The number of allylic oxidation sites excluding steroid dienone is 8. The van der Waals surface area contributed by atoms with Crippen LogP contribution in [0.25, 0.3) is 132 Å². The summed E-state index contributed by atoms with van der Waals surface area (Å²) in [5.74, 6) is -0.830. The van der Waals surface area contributed by atoms with Crippen molar-refractivity contribution < 1.29 is 23.6 Å². The second-order valence-electron chi connectivity index (χ2n) is 40.2. The molecule has 0 aliphatic heterocycles. The molecule has 6 heterocycles. The van der Waals surface area contributed by atoms with E-state index in [9.17, 15) is 23.6 Å². The molecule has 0 unspecified atom stereocenters. The first-order valence-electron chi connectivity index (χ1n) is 49.8. The van der Waals surface area contributed by atoms with Crippen molar-refractivity contribution in [2.24, 2.45) is 47.3 Å². The van der Waals surface area contributed by atoms with E-state index >= 15 is 0 Å². The van der Waals surface area contributed by atoms with Crippen molar-refractivity contribution in [3.05, 3.63) is 466 Å². The fraction of sp³-hybridized carbons (Fsp3) is 0.222. The molecule has 0 fully saturated rings. The van der Waals surface area contributed by atoms with E-state index in [2.05, 4.69) is 205 Å². The van der Waals surface area contributed by atoms with Gasteiger partial charge in [0.05, 0.1) is 94.6 Å². The predicted molar refractivity (Wildman–Crippen MR) is 565 cm³/mol. The Morgan fingerprint density at radius 2 is 0.538 bits per heavy atom. The van der Waals surface area contributed by atoms with Crippen molar-refractivity contribution in [2.75, 3.05) is 0 Å². The zero-order chi connectivity index (χ0) is 100. The molecule has 18 nitrogen and oxygen atoms in total. The van der Waals surface area contributed by atoms with Gasteiger partial charge in [-0.1, -0.05) is 310 Å². The number of nitrogens with zero attached hydrogens (tertiary/aromatic N) is 14. The molecule has 0 saturated carbocycles. The number of halogens is 1. The van der Waals surface area contributed by atoms with Gasteiger partial charge in [0.25, 0.3) is 0 Å². The molecule has 0 N–H and O–H groups in total. The third kappa shape index (κ3) is 16.5. The lowest BCUT2D eigenvalue weighted by Gasteiger charge is -2.45. The van der Waals surface area contributed by atoms with Crippen molar-refractivity contribution in [1.29, 1.82) is 0 Å². The Kier molecular flexibility index (Phi) is 24.9. The van der Waals surface area contributed by atoms with Crippen molar-refractivity contribution in [3.63, 3.8) is 0 Å². The zero-order valence-electron chi connectivity index (χ0n) is 82.0. The molecule has 8 aliphatic carbocycles. The molecule has 0 amide bonds. The lowest BCUT2D eigenvalue weighted by molar-refractivity contribution is -0.122. The van der Waals surface area contributed by atoms with Crippen molar-refractivity contribution in [2.45, 2.75) is 128 Å². The number of ketones is 4. The molecule has 10 aromatic carbocycles. The van der Waals surface area contributed by atoms with Crippen LogP contribution >= 0.6 is 0 Å². The van der Waals surface area contributed by atoms with Gasteiger partial charge in [0.1, 0.15) is 5.82 Å². The van der Waals surface area contributed by atoms with E-state index in [4.69, 9.17) is 46.7 Å². The van der Waals surface area contributed by atoms with Crippen LogP contribution < -0.4 is 0 Å². The Hall–Kier alpha value is -17.1. The third-order valence-corrected chi connectivity index (χ3v) is 32.1. The number of benzene rings is 10. The highest BCUT2D eigenvalue weighted by atomic mass is 19.1. The lowest BCUT2D eigenvalue weighted by Crippen LogP contribution is -2.46. The number of carbonyl (C=O) groups is 4. The minimum atomic E-state index is -0.523. The van der Waals surface area contributed by atoms with Crippen LogP contribution in [0, 0.1) is 79.4 Å². The third-order valence-electron chi connectivity index (χ3n) is 32.1. The minimum Gasteiger partial charge on any atom is -0.308 e. The Balaban J connectivity index is 0.000000114. The fourth-order valence-corrected chi connectivity index (χ4v) is 24.9. The molecule has 0 saturated heterocycles. The van der Waals surface area contributed by atoms with Gasteiger partial charge < -0.3 is 19.2 Å². The van der Waals surface area contributed by atoms with Gasteiger partial charge in [-0.3, -0.25) is 9.97 Å². The summed E-state index contributed by atoms with van der Waals surface area (Å²) in [4.78, 5) is 74.7. The summed E-state index contributed by atoms with van der Waals surface area (Å²) in [6, 6.07) is 99.1. The molecule has 19 heteroatoms. The van der Waals surface area contributed by atoms with Gasteiger partial charge in [-0.2, -0.15) is 20.4 Å². The molecule has 710 valence electrons. The summed E-state index contributed by atoms with van der Waals surface area (Å²) in [5, 5.41) is 20.7. The molecule has 12 atom stereocenters. The summed E-state index contributed by atoms with van der Waals surface area (Å²) in [7, 11) is 0. The number of pyridine rings is 2. The normalized spacial score (nSPS) is 22.7. The van der Waals surface area contributed by atoms with E-state index in [1.165, 1.54) is 22.8 Å². The highest BCUT2D eigenvalue weighted by Gasteiger charge is 2.56. The first kappa shape index (κ1) is 94.1. The van der Waals surface area contributed by atoms with Gasteiger partial charge >= 0.3 is 0 Å². The van der Waals surface area contributed by atoms with E-state index in [-0.39, 0.29) is 99.1 Å². The van der Waals surface area contributed by atoms with E-state index < -0.39 is 21.7 Å². The van der Waals surface area contributed by atoms with Crippen molar-refractivity contribution in [3.8, 4) is 112 Å². The largest absolute Gasteiger partial charge is 0.308 e. The maximum absolute atomic E-state index is 14.4. The van der Waals surface area contributed by atoms with Crippen LogP contribution in [0.4, 0.5) is 4.39 Å². The highest BCUT2D eigenvalue weighted by Crippen LogP contribution is 2.58. The summed E-state index contributed by atoms with van der Waals surface area (Å²) in [6.07, 6.45) is 21.8. The van der Waals surface area contributed by atoms with Gasteiger partial charge in [0.15, 0.2) is 23.1 Å². The molecule has 145 heavy (non-hydrogen) atoms. The van der Waals surface area contributed by atoms with Crippen molar-refractivity contribution in [1.82, 2.24) is 49.1 Å². The van der Waals surface area contributed by atoms with Crippen molar-refractivity contribution >= 4 is 23.1 Å². The summed E-state index contributed by atoms with van der Waals surface area (Å²) < 4.78 is 22.6. The quantitative estimate of drug-likeness (QED) is 0.107. The van der Waals surface area contributed by atoms with Crippen LogP contribution in [0.5, 0.6) is 0 Å². The molecule has 6 aromatic heterocycles. The standard InChI is InChI=1S/C32H26FN3O.C32H27N3O.2C31H26N4O/c1-20-26-18-17-25-29(22-9-5-4-6-10-22)35-36(31(25)32(26,2)19-28(34-3)30(20)37)23-15-13-21(14-16-23)24-11-7-8-12-27(24)33;1-21-27-18-17-26-29(23-13-8-5-9-14-23)34-35(31(26)32(27,2)20-28(33-3)30(21)36)25-16-10-15-24(19-25)22-11-6-4-7-12-22;1-20-26-15-14-25-28(21-9-5-4-6-10-21)34-35(30(25)31(26,2)18-27(32-3)29(20)36)24-13-7-11-22(17-24)23-12-8-16-33-19-23;1-20-26-16-15-25-28(22-8-5-4-6-9-22)34-35(30(25)31(26,2)18-27(32-3)29(20)36)24-13-11-21(12-14-24)23-10-7-17-33-19-23/h4-16,19-20,26H,17-18H2,1-2H3;4-16,19-21,27H,17-18H2,1-2H3;4-13,16-20,26H,14-15H2,1-2H3;4-14,17-20,26H,15-16H2,1-2H3/t20-,26-,32-;21-,27-,32-;2*20-,26-,31-/m1111/s1. The number of hydrogen-bond acceptors (Lipinski definition) is 10. The van der Waals surface area contributed by atoms with Crippen LogP contribution in [0.15, 0.2) is 369 Å². The number of Topliss-reactive ketones (excluding diaryl/α,β-unsaturated/α-hetero) is 4. The van der Waals surface area contributed by atoms with Gasteiger partial charge in [-0.25, -0.2) is 42.5 Å². The zero-order valence-corrected chi connectivity index (χ0v) is 82.0. The summed E-state index contributed by atoms with van der Waals surface area (Å²) in [6.45, 7) is 47.3. The maximum atomic E-state index is 14.4. The van der Waals surface area contributed by atoms with E-state index in [1.807, 2.05) is 215 Å². The Morgan fingerprint density at radius 1 is 0.283 bits per heavy atom. The van der Waals surface area contributed by atoms with Gasteiger partial charge in [0.2, 0.25) is 22.8 Å². The maximum Gasteiger partial charge on any atom is 0.226 e. The number of fused-ring (bicyclic) bond motifs is 12. The minimum absolute atomic E-state index is 0.0312. The fourth-order valence-electron chi connectivity index (χ4n) is 24.9. The monoisotopic (exact) mass is 1900 g/mol. The molecule has 0 bridgehead atoms. The smallest absolute Gasteiger partial charge is 0.226 e. The molecule has 0 spiro atoms. The van der Waals surface area contributed by atoms with E-state index in [0.717, 1.165) is 186 Å². The first-order valence-corrected chi connectivity index (χ1v) is 49.8. The molecular formula is C126H105FN14O4. The average molecular weight is 1900 g/mol. The van der Waals surface area contributed by atoms with Gasteiger partial charge in [0, 0.05) is 126 Å². The average Bonchev–Trinajstić information content (AvgIpc) is 1.61. The van der Waals surface area contributed by atoms with Crippen LogP contribution in [-0.2, 0) is 66.5 Å². The number of carbonyl (C=O) groups excluding carboxylic acids is 4. The molecular weight excluding hydrogens is 1790 g/mol. The van der Waals surface area contributed by atoms with E-state index in [1.54, 1.807) is 24.5 Å². The molecule has 24 rings (SSSR count). The number of hydrogen-bond donors (Lipinski definition) is 0. The Bertz CT molecular complexity index is 7880. The second-order valence-corrected chi connectivity index (χ2v) is 40.2. The van der Waals surface area contributed by atoms with Crippen LogP contribution in [0.2, 0.25) is 0 Å². The van der Waals surface area contributed by atoms with Gasteiger partial charge in [-0.15, -0.1) is 0 Å². The van der Waals surface area contributed by atoms with Crippen LogP contribution in [0.1, 0.15) is 126 Å². The molecule has 0 radical (unpaired) electrons. The SMILES string of the molecule is [C-]#[N+]C1=C[C@@]2(C)c3c(c(-c4ccccc4)nn3-c3ccc(-c4ccccc4F)cc3)CC[C@@H]2[C@@H](C)C1=O.[C-]#[N+]C1=C[C@@]2(C)c3c(c(-c4ccccc4)nn3-c3ccc(-c4cccnc4)cc3)CC[C@@H]2[C@@H](C)C1=O.[C-]#[N+]C1=C[C@@]2(C)c3c(c(-c4ccccc4)nn3-c3cccc(-c4ccccc4)c3)CC[C@@H]2[C@@H](C)C1=O.[C-]#[N+]C1=C[C@@]2(C)c3c(c(-c4ccccc4)nn3-c3cccc(-c4cccnc4)c3)CC[C@@H]2[C@@H](C)C1=O. The number of rotatable bonds is 12. The number of aromatic nitrogens is 10. The summed E-state index contributed by atoms with van der Waals surface area (Å²) >= 11 is 0. The molecule has 8 aliphatic rings. The van der Waals surface area contributed by atoms with Crippen LogP contribution in [-0.4, -0.2) is 72.2 Å². The predicted octanol–water partition coefficient (Wildman–Crippen LogP) is 27.1. The summed E-state index contributed by atoms with van der Waals surface area (Å²) in [5.41, 5.74) is 27.9. The topological polar surface area (TPSA) is 183 Å². The lowest BCUT2D eigenvalue weighted by atomic mass is 9.58. The first-order chi connectivity index (χ1) is 70.4. The Morgan fingerprint density at radius 3 is 0.834 bits per heavy atom.